The quantitative estimate of drug-likeness (QED) is 0.612. The van der Waals surface area contributed by atoms with Crippen LogP contribution < -0.4 is 5.32 Å². The minimum atomic E-state index is 0.645. The molecular weight excluding hydrogens is 182 g/mol. The summed E-state index contributed by atoms with van der Waals surface area (Å²) in [7, 11) is 3.80. The molecule has 1 N–H and O–H groups in total. The van der Waals surface area contributed by atoms with Crippen molar-refractivity contribution < 1.29 is 4.74 Å². The van der Waals surface area contributed by atoms with Crippen LogP contribution >= 0.6 is 11.8 Å². The van der Waals surface area contributed by atoms with Crippen molar-refractivity contribution in [2.75, 3.05) is 32.3 Å². The molecule has 0 heterocycles. The smallest absolute Gasteiger partial charge is 0.0552 e. The molecular formula is C10H23NOS. The van der Waals surface area contributed by atoms with Crippen molar-refractivity contribution in [2.45, 2.75) is 26.3 Å². The largest absolute Gasteiger partial charge is 0.384 e. The van der Waals surface area contributed by atoms with E-state index in [4.69, 9.17) is 4.74 Å². The number of nitrogens with one attached hydrogen (secondary N) is 1. The fourth-order valence-corrected chi connectivity index (χ4v) is 2.37. The lowest BCUT2D eigenvalue weighted by Gasteiger charge is -2.21. The summed E-state index contributed by atoms with van der Waals surface area (Å²) < 4.78 is 5.00. The minimum Gasteiger partial charge on any atom is -0.384 e. The molecule has 3 heteroatoms. The van der Waals surface area contributed by atoms with Crippen LogP contribution in [0.15, 0.2) is 0 Å². The number of rotatable bonds is 8. The van der Waals surface area contributed by atoms with Gasteiger partial charge in [0.05, 0.1) is 6.61 Å². The fourth-order valence-electron chi connectivity index (χ4n) is 1.17. The summed E-state index contributed by atoms with van der Waals surface area (Å²) in [6.07, 6.45) is 1.25. The van der Waals surface area contributed by atoms with Gasteiger partial charge in [-0.2, -0.15) is 11.8 Å². The van der Waals surface area contributed by atoms with Crippen molar-refractivity contribution in [1.82, 2.24) is 5.32 Å². The molecule has 0 saturated carbocycles. The van der Waals surface area contributed by atoms with Gasteiger partial charge in [0.1, 0.15) is 0 Å². The second-order valence-electron chi connectivity index (χ2n) is 3.35. The summed E-state index contributed by atoms with van der Waals surface area (Å²) in [4.78, 5) is 0. The molecule has 0 aliphatic rings. The van der Waals surface area contributed by atoms with E-state index in [-0.39, 0.29) is 0 Å². The zero-order valence-electron chi connectivity index (χ0n) is 9.30. The Bertz CT molecular complexity index is 111. The summed E-state index contributed by atoms with van der Waals surface area (Å²) in [6.45, 7) is 5.41. The number of hydrogen-bond acceptors (Lipinski definition) is 3. The van der Waals surface area contributed by atoms with Gasteiger partial charge in [0, 0.05) is 24.7 Å². The zero-order valence-corrected chi connectivity index (χ0v) is 10.1. The lowest BCUT2D eigenvalue weighted by molar-refractivity contribution is 0.218. The molecule has 0 aromatic carbocycles. The highest BCUT2D eigenvalue weighted by atomic mass is 32.2. The Balaban J connectivity index is 3.47. The molecule has 2 atom stereocenters. The van der Waals surface area contributed by atoms with Gasteiger partial charge in [0.25, 0.3) is 0 Å². The van der Waals surface area contributed by atoms with Crippen molar-refractivity contribution in [2.24, 2.45) is 5.92 Å². The molecule has 0 rings (SSSR count). The van der Waals surface area contributed by atoms with E-state index in [1.807, 2.05) is 18.8 Å². The zero-order chi connectivity index (χ0) is 10.1. The molecule has 0 bridgehead atoms. The van der Waals surface area contributed by atoms with Crippen LogP contribution in [0, 0.1) is 5.92 Å². The van der Waals surface area contributed by atoms with E-state index in [0.29, 0.717) is 6.04 Å². The molecule has 2 unspecified atom stereocenters. The van der Waals surface area contributed by atoms with Crippen molar-refractivity contribution in [3.63, 3.8) is 0 Å². The van der Waals surface area contributed by atoms with Crippen LogP contribution in [-0.2, 0) is 4.74 Å². The predicted octanol–water partition coefficient (Wildman–Crippen LogP) is 2.00. The van der Waals surface area contributed by atoms with Crippen molar-refractivity contribution in [3.8, 4) is 0 Å². The van der Waals surface area contributed by atoms with Crippen molar-refractivity contribution in [3.05, 3.63) is 0 Å². The molecule has 80 valence electrons. The third-order valence-electron chi connectivity index (χ3n) is 2.43. The first-order valence-electron chi connectivity index (χ1n) is 5.00. The molecule has 2 nitrogen and oxygen atoms in total. The fraction of sp³-hybridized carbons (Fsp3) is 1.00. The molecule has 0 aliphatic carbocycles. The van der Waals surface area contributed by atoms with E-state index in [0.717, 1.165) is 18.3 Å². The van der Waals surface area contributed by atoms with E-state index in [2.05, 4.69) is 19.2 Å². The van der Waals surface area contributed by atoms with Gasteiger partial charge in [-0.25, -0.2) is 0 Å². The lowest BCUT2D eigenvalue weighted by Crippen LogP contribution is -2.34. The Hall–Kier alpha value is 0.270. The summed E-state index contributed by atoms with van der Waals surface area (Å²) in [5, 5.41) is 3.37. The van der Waals surface area contributed by atoms with Gasteiger partial charge in [0.2, 0.25) is 0 Å². The molecule has 0 aliphatic heterocycles. The van der Waals surface area contributed by atoms with E-state index in [1.54, 1.807) is 7.11 Å². The third kappa shape index (κ3) is 6.36. The standard InChI is InChI=1S/C10H23NOS/c1-5-9(2)10(11-3)8-13-7-6-12-4/h9-11H,5-8H2,1-4H3. The average molecular weight is 205 g/mol. The van der Waals surface area contributed by atoms with Gasteiger partial charge in [-0.1, -0.05) is 20.3 Å². The first-order chi connectivity index (χ1) is 6.26. The van der Waals surface area contributed by atoms with Crippen LogP contribution in [0.3, 0.4) is 0 Å². The van der Waals surface area contributed by atoms with E-state index < -0.39 is 0 Å². The molecule has 13 heavy (non-hydrogen) atoms. The van der Waals surface area contributed by atoms with Gasteiger partial charge < -0.3 is 10.1 Å². The van der Waals surface area contributed by atoms with Crippen LogP contribution in [0.4, 0.5) is 0 Å². The Morgan fingerprint density at radius 1 is 1.46 bits per heavy atom. The second-order valence-corrected chi connectivity index (χ2v) is 4.50. The number of thioether (sulfide) groups is 1. The van der Waals surface area contributed by atoms with Crippen LogP contribution in [0.1, 0.15) is 20.3 Å². The topological polar surface area (TPSA) is 21.3 Å². The highest BCUT2D eigenvalue weighted by Crippen LogP contribution is 2.12. The van der Waals surface area contributed by atoms with Gasteiger partial charge >= 0.3 is 0 Å². The normalized spacial score (nSPS) is 15.7. The molecule has 0 aromatic heterocycles. The van der Waals surface area contributed by atoms with Gasteiger partial charge in [-0.15, -0.1) is 0 Å². The van der Waals surface area contributed by atoms with Crippen LogP contribution in [0.2, 0.25) is 0 Å². The van der Waals surface area contributed by atoms with Crippen LogP contribution in [0.25, 0.3) is 0 Å². The summed E-state index contributed by atoms with van der Waals surface area (Å²) in [5.41, 5.74) is 0. The summed E-state index contributed by atoms with van der Waals surface area (Å²) in [6, 6.07) is 0.645. The Labute approximate surface area is 86.8 Å². The lowest BCUT2D eigenvalue weighted by atomic mass is 10.0. The number of ether oxygens (including phenoxy) is 1. The highest BCUT2D eigenvalue weighted by Gasteiger charge is 2.12. The predicted molar refractivity (Wildman–Crippen MR) is 61.5 cm³/mol. The van der Waals surface area contributed by atoms with E-state index in [9.17, 15) is 0 Å². The molecule has 0 spiro atoms. The minimum absolute atomic E-state index is 0.645. The van der Waals surface area contributed by atoms with Gasteiger partial charge in [-0.05, 0) is 13.0 Å². The third-order valence-corrected chi connectivity index (χ3v) is 3.48. The number of methoxy groups -OCH3 is 1. The first kappa shape index (κ1) is 13.3. The maximum atomic E-state index is 5.00. The van der Waals surface area contributed by atoms with Crippen molar-refractivity contribution >= 4 is 11.8 Å². The van der Waals surface area contributed by atoms with Crippen LogP contribution in [-0.4, -0.2) is 38.3 Å². The molecule has 0 saturated heterocycles. The first-order valence-corrected chi connectivity index (χ1v) is 6.15. The number of hydrogen-bond donors (Lipinski definition) is 1. The SMILES string of the molecule is CCC(C)C(CSCCOC)NC. The molecule has 0 aromatic rings. The maximum Gasteiger partial charge on any atom is 0.0552 e. The molecule has 0 radical (unpaired) electrons. The summed E-state index contributed by atoms with van der Waals surface area (Å²) >= 11 is 1.97. The Morgan fingerprint density at radius 2 is 2.15 bits per heavy atom. The van der Waals surface area contributed by atoms with Crippen LogP contribution in [0.5, 0.6) is 0 Å². The second kappa shape index (κ2) is 8.85. The van der Waals surface area contributed by atoms with E-state index >= 15 is 0 Å². The summed E-state index contributed by atoms with van der Waals surface area (Å²) in [5.74, 6) is 3.06. The highest BCUT2D eigenvalue weighted by molar-refractivity contribution is 7.99. The van der Waals surface area contributed by atoms with Crippen molar-refractivity contribution in [1.29, 1.82) is 0 Å². The van der Waals surface area contributed by atoms with Gasteiger partial charge in [0.15, 0.2) is 0 Å². The molecule has 0 fully saturated rings. The van der Waals surface area contributed by atoms with Gasteiger partial charge in [-0.3, -0.25) is 0 Å². The monoisotopic (exact) mass is 205 g/mol. The Morgan fingerprint density at radius 3 is 2.62 bits per heavy atom. The van der Waals surface area contributed by atoms with E-state index in [1.165, 1.54) is 12.2 Å². The Kier molecular flexibility index (Phi) is 9.03. The maximum absolute atomic E-state index is 5.00. The molecule has 0 amide bonds. The average Bonchev–Trinajstić information content (AvgIpc) is 2.17.